The zero-order valence-corrected chi connectivity index (χ0v) is 11.6. The van der Waals surface area contributed by atoms with E-state index in [-0.39, 0.29) is 5.97 Å². The minimum Gasteiger partial charge on any atom is -0.465 e. The first kappa shape index (κ1) is 13.1. The number of carbonyl (C=O) groups excluding carboxylic acids is 1. The number of aromatic nitrogens is 2. The molecule has 1 atom stereocenters. The van der Waals surface area contributed by atoms with Gasteiger partial charge in [0, 0.05) is 12.6 Å². The van der Waals surface area contributed by atoms with Crippen LogP contribution in [0, 0.1) is 5.92 Å². The van der Waals surface area contributed by atoms with Crippen molar-refractivity contribution in [3.8, 4) is 0 Å². The molecule has 1 aliphatic rings. The lowest BCUT2D eigenvalue weighted by Gasteiger charge is -2.22. The third kappa shape index (κ3) is 2.41. The molecule has 0 bridgehead atoms. The van der Waals surface area contributed by atoms with Crippen LogP contribution in [0.15, 0.2) is 24.5 Å². The van der Waals surface area contributed by atoms with E-state index in [9.17, 15) is 4.79 Å². The quantitative estimate of drug-likeness (QED) is 0.864. The number of rotatable bonds is 3. The molecule has 0 spiro atoms. The number of pyridine rings is 1. The summed E-state index contributed by atoms with van der Waals surface area (Å²) in [5.74, 6) is 1.32. The van der Waals surface area contributed by atoms with Gasteiger partial charge in [0.05, 0.1) is 24.4 Å². The standard InChI is InChI=1S/C15H19N3O2/c1-20-15(19)12-5-3-7-18-13(12)10-17-14(18)8-11-4-2-6-16-9-11/h3,5,7,10-11,16H,2,4,6,8-9H2,1H3. The zero-order valence-electron chi connectivity index (χ0n) is 11.6. The molecular formula is C15H19N3O2. The number of piperidine rings is 1. The third-order valence-electron chi connectivity index (χ3n) is 3.92. The van der Waals surface area contributed by atoms with Crippen molar-refractivity contribution in [2.45, 2.75) is 19.3 Å². The van der Waals surface area contributed by atoms with Gasteiger partial charge < -0.3 is 14.5 Å². The first-order valence-electron chi connectivity index (χ1n) is 7.03. The Morgan fingerprint density at radius 3 is 3.25 bits per heavy atom. The number of ether oxygens (including phenoxy) is 1. The van der Waals surface area contributed by atoms with Crippen LogP contribution in [0.3, 0.4) is 0 Å². The van der Waals surface area contributed by atoms with Gasteiger partial charge in [-0.1, -0.05) is 0 Å². The number of esters is 1. The lowest BCUT2D eigenvalue weighted by molar-refractivity contribution is 0.0602. The molecule has 0 amide bonds. The minimum atomic E-state index is -0.318. The second kappa shape index (κ2) is 5.63. The molecule has 0 saturated carbocycles. The predicted octanol–water partition coefficient (Wildman–Crippen LogP) is 1.66. The van der Waals surface area contributed by atoms with Crippen LogP contribution in [0.4, 0.5) is 0 Å². The molecule has 1 unspecified atom stereocenters. The minimum absolute atomic E-state index is 0.318. The van der Waals surface area contributed by atoms with Gasteiger partial charge in [0.2, 0.25) is 0 Å². The molecule has 20 heavy (non-hydrogen) atoms. The Kier molecular flexibility index (Phi) is 3.69. The number of methoxy groups -OCH3 is 1. The summed E-state index contributed by atoms with van der Waals surface area (Å²) in [6.07, 6.45) is 7.12. The van der Waals surface area contributed by atoms with Gasteiger partial charge in [-0.2, -0.15) is 0 Å². The Bertz CT molecular complexity index is 615. The number of carbonyl (C=O) groups is 1. The Labute approximate surface area is 118 Å². The van der Waals surface area contributed by atoms with Crippen LogP contribution in [0.5, 0.6) is 0 Å². The van der Waals surface area contributed by atoms with Gasteiger partial charge in [0.15, 0.2) is 0 Å². The van der Waals surface area contributed by atoms with E-state index in [0.717, 1.165) is 30.9 Å². The van der Waals surface area contributed by atoms with Crippen LogP contribution in [0.25, 0.3) is 5.52 Å². The van der Waals surface area contributed by atoms with E-state index in [1.54, 1.807) is 12.3 Å². The largest absolute Gasteiger partial charge is 0.465 e. The van der Waals surface area contributed by atoms with E-state index >= 15 is 0 Å². The lowest BCUT2D eigenvalue weighted by Crippen LogP contribution is -2.31. The molecule has 5 nitrogen and oxygen atoms in total. The third-order valence-corrected chi connectivity index (χ3v) is 3.92. The summed E-state index contributed by atoms with van der Waals surface area (Å²) in [6.45, 7) is 2.16. The van der Waals surface area contributed by atoms with E-state index in [0.29, 0.717) is 11.5 Å². The number of nitrogens with zero attached hydrogens (tertiary/aromatic N) is 2. The molecule has 0 aliphatic carbocycles. The van der Waals surface area contributed by atoms with E-state index in [2.05, 4.69) is 10.3 Å². The molecule has 1 N–H and O–H groups in total. The monoisotopic (exact) mass is 273 g/mol. The van der Waals surface area contributed by atoms with Gasteiger partial charge in [0.25, 0.3) is 0 Å². The van der Waals surface area contributed by atoms with Gasteiger partial charge in [-0.3, -0.25) is 0 Å². The highest BCUT2D eigenvalue weighted by atomic mass is 16.5. The second-order valence-corrected chi connectivity index (χ2v) is 5.26. The topological polar surface area (TPSA) is 55.6 Å². The van der Waals surface area contributed by atoms with Gasteiger partial charge in [-0.15, -0.1) is 0 Å². The number of hydrogen-bond donors (Lipinski definition) is 1. The summed E-state index contributed by atoms with van der Waals surface area (Å²) < 4.78 is 6.81. The van der Waals surface area contributed by atoms with E-state index in [4.69, 9.17) is 4.74 Å². The predicted molar refractivity (Wildman–Crippen MR) is 75.8 cm³/mol. The molecule has 0 aromatic carbocycles. The molecule has 0 radical (unpaired) electrons. The van der Waals surface area contributed by atoms with Crippen LogP contribution in [-0.2, 0) is 11.2 Å². The zero-order chi connectivity index (χ0) is 13.9. The van der Waals surface area contributed by atoms with E-state index in [1.807, 2.05) is 16.7 Å². The molecule has 1 fully saturated rings. The van der Waals surface area contributed by atoms with Crippen LogP contribution >= 0.6 is 0 Å². The summed E-state index contributed by atoms with van der Waals surface area (Å²) >= 11 is 0. The Balaban J connectivity index is 1.91. The first-order chi connectivity index (χ1) is 9.79. The fraction of sp³-hybridized carbons (Fsp3) is 0.467. The van der Waals surface area contributed by atoms with Crippen LogP contribution in [0.2, 0.25) is 0 Å². The number of nitrogens with one attached hydrogen (secondary N) is 1. The normalized spacial score (nSPS) is 19.1. The number of imidazole rings is 1. The van der Waals surface area contributed by atoms with Crippen LogP contribution < -0.4 is 5.32 Å². The first-order valence-corrected chi connectivity index (χ1v) is 7.03. The molecular weight excluding hydrogens is 254 g/mol. The lowest BCUT2D eigenvalue weighted by atomic mass is 9.96. The molecule has 2 aromatic heterocycles. The fourth-order valence-corrected chi connectivity index (χ4v) is 2.87. The Hall–Kier alpha value is -1.88. The van der Waals surface area contributed by atoms with Crippen molar-refractivity contribution in [3.63, 3.8) is 0 Å². The second-order valence-electron chi connectivity index (χ2n) is 5.26. The maximum atomic E-state index is 11.8. The Morgan fingerprint density at radius 1 is 1.60 bits per heavy atom. The molecule has 5 heteroatoms. The molecule has 1 aliphatic heterocycles. The fourth-order valence-electron chi connectivity index (χ4n) is 2.87. The van der Waals surface area contributed by atoms with Crippen molar-refractivity contribution >= 4 is 11.5 Å². The maximum absolute atomic E-state index is 11.8. The van der Waals surface area contributed by atoms with Crippen molar-refractivity contribution < 1.29 is 9.53 Å². The van der Waals surface area contributed by atoms with Crippen LogP contribution in [-0.4, -0.2) is 35.6 Å². The highest BCUT2D eigenvalue weighted by Crippen LogP contribution is 2.19. The van der Waals surface area contributed by atoms with Crippen LogP contribution in [0.1, 0.15) is 29.0 Å². The number of fused-ring (bicyclic) bond motifs is 1. The summed E-state index contributed by atoms with van der Waals surface area (Å²) in [5, 5.41) is 3.42. The summed E-state index contributed by atoms with van der Waals surface area (Å²) in [6, 6.07) is 3.64. The highest BCUT2D eigenvalue weighted by molar-refractivity contribution is 5.96. The summed E-state index contributed by atoms with van der Waals surface area (Å²) in [4.78, 5) is 16.2. The molecule has 3 heterocycles. The molecule has 1 saturated heterocycles. The van der Waals surface area contributed by atoms with Gasteiger partial charge in [0.1, 0.15) is 5.82 Å². The average molecular weight is 273 g/mol. The SMILES string of the molecule is COC(=O)c1cccn2c(CC3CCCNC3)ncc12. The van der Waals surface area contributed by atoms with Gasteiger partial charge in [-0.05, 0) is 44.0 Å². The van der Waals surface area contributed by atoms with Gasteiger partial charge in [-0.25, -0.2) is 9.78 Å². The van der Waals surface area contributed by atoms with Crippen molar-refractivity contribution in [2.75, 3.05) is 20.2 Å². The Morgan fingerprint density at radius 2 is 2.50 bits per heavy atom. The molecule has 2 aromatic rings. The van der Waals surface area contributed by atoms with Crippen molar-refractivity contribution in [1.29, 1.82) is 0 Å². The highest BCUT2D eigenvalue weighted by Gasteiger charge is 2.18. The molecule has 106 valence electrons. The smallest absolute Gasteiger partial charge is 0.340 e. The van der Waals surface area contributed by atoms with Crippen molar-refractivity contribution in [2.24, 2.45) is 5.92 Å². The summed E-state index contributed by atoms with van der Waals surface area (Å²) in [7, 11) is 1.40. The summed E-state index contributed by atoms with van der Waals surface area (Å²) in [5.41, 5.74) is 1.38. The van der Waals surface area contributed by atoms with Gasteiger partial charge >= 0.3 is 5.97 Å². The van der Waals surface area contributed by atoms with E-state index in [1.165, 1.54) is 20.0 Å². The van der Waals surface area contributed by atoms with Crippen molar-refractivity contribution in [1.82, 2.24) is 14.7 Å². The average Bonchev–Trinajstić information content (AvgIpc) is 2.91. The maximum Gasteiger partial charge on any atom is 0.340 e. The van der Waals surface area contributed by atoms with E-state index < -0.39 is 0 Å². The number of hydrogen-bond acceptors (Lipinski definition) is 4. The van der Waals surface area contributed by atoms with Crippen molar-refractivity contribution in [3.05, 3.63) is 35.9 Å². The molecule has 3 rings (SSSR count).